The van der Waals surface area contributed by atoms with Crippen molar-refractivity contribution in [1.29, 1.82) is 0 Å². The van der Waals surface area contributed by atoms with Gasteiger partial charge in [0.25, 0.3) is 5.69 Å². The standard InChI is InChI=1S/C16H25N3O2/c1-3-13-7-6-10-18(11-13)12-14-8-5-9-15(19(20)21)16(14)17-4-2/h5,8-9,13,17H,3-4,6-7,10-12H2,1-2H3. The molecule has 1 aromatic rings. The van der Waals surface area contributed by atoms with Gasteiger partial charge in [-0.2, -0.15) is 0 Å². The largest absolute Gasteiger partial charge is 0.380 e. The molecule has 0 saturated carbocycles. The highest BCUT2D eigenvalue weighted by atomic mass is 16.6. The van der Waals surface area contributed by atoms with Crippen molar-refractivity contribution in [2.75, 3.05) is 25.0 Å². The van der Waals surface area contributed by atoms with Gasteiger partial charge in [0.05, 0.1) is 4.92 Å². The van der Waals surface area contributed by atoms with Crippen LogP contribution in [0, 0.1) is 16.0 Å². The first-order valence-electron chi connectivity index (χ1n) is 7.88. The monoisotopic (exact) mass is 291 g/mol. The number of rotatable bonds is 6. The Kier molecular flexibility index (Phi) is 5.56. The molecule has 1 aliphatic heterocycles. The maximum Gasteiger partial charge on any atom is 0.292 e. The number of hydrogen-bond donors (Lipinski definition) is 1. The highest BCUT2D eigenvalue weighted by Crippen LogP contribution is 2.30. The molecule has 0 bridgehead atoms. The molecule has 0 amide bonds. The molecule has 1 N–H and O–H groups in total. The van der Waals surface area contributed by atoms with Crippen LogP contribution in [0.4, 0.5) is 11.4 Å². The van der Waals surface area contributed by atoms with Crippen molar-refractivity contribution in [1.82, 2.24) is 4.90 Å². The lowest BCUT2D eigenvalue weighted by Gasteiger charge is -2.32. The molecule has 0 aromatic heterocycles. The number of nitro groups is 1. The van der Waals surface area contributed by atoms with Gasteiger partial charge in [0.2, 0.25) is 0 Å². The fraction of sp³-hybridized carbons (Fsp3) is 0.625. The first kappa shape index (κ1) is 15.8. The normalized spacial score (nSPS) is 19.4. The van der Waals surface area contributed by atoms with E-state index >= 15 is 0 Å². The van der Waals surface area contributed by atoms with Gasteiger partial charge >= 0.3 is 0 Å². The first-order chi connectivity index (χ1) is 10.2. The van der Waals surface area contributed by atoms with Gasteiger partial charge in [0.1, 0.15) is 5.69 Å². The van der Waals surface area contributed by atoms with Crippen LogP contribution in [0.2, 0.25) is 0 Å². The predicted octanol–water partition coefficient (Wildman–Crippen LogP) is 3.65. The van der Waals surface area contributed by atoms with Crippen LogP contribution in [0.3, 0.4) is 0 Å². The van der Waals surface area contributed by atoms with Crippen LogP contribution in [0.1, 0.15) is 38.7 Å². The second-order valence-electron chi connectivity index (χ2n) is 5.75. The summed E-state index contributed by atoms with van der Waals surface area (Å²) in [6, 6.07) is 5.36. The van der Waals surface area contributed by atoms with Crippen LogP contribution in [-0.4, -0.2) is 29.5 Å². The predicted molar refractivity (Wildman–Crippen MR) is 85.6 cm³/mol. The van der Waals surface area contributed by atoms with Gasteiger partial charge in [-0.1, -0.05) is 25.5 Å². The summed E-state index contributed by atoms with van der Waals surface area (Å²) in [5.74, 6) is 0.764. The summed E-state index contributed by atoms with van der Waals surface area (Å²) in [7, 11) is 0. The SMILES string of the molecule is CCNc1c(CN2CCCC(CC)C2)cccc1[N+](=O)[O-]. The molecule has 0 spiro atoms. The average Bonchev–Trinajstić information content (AvgIpc) is 2.49. The van der Waals surface area contributed by atoms with Crippen molar-refractivity contribution in [3.63, 3.8) is 0 Å². The number of benzene rings is 1. The summed E-state index contributed by atoms with van der Waals surface area (Å²) in [6.45, 7) is 7.88. The lowest BCUT2D eigenvalue weighted by molar-refractivity contribution is -0.384. The zero-order valence-corrected chi connectivity index (χ0v) is 13.0. The van der Waals surface area contributed by atoms with E-state index in [0.717, 1.165) is 31.1 Å². The van der Waals surface area contributed by atoms with E-state index in [-0.39, 0.29) is 10.6 Å². The van der Waals surface area contributed by atoms with Gasteiger partial charge < -0.3 is 5.32 Å². The van der Waals surface area contributed by atoms with Crippen molar-refractivity contribution in [3.05, 3.63) is 33.9 Å². The molecule has 5 nitrogen and oxygen atoms in total. The molecule has 1 saturated heterocycles. The fourth-order valence-electron chi connectivity index (χ4n) is 3.12. The van der Waals surface area contributed by atoms with Gasteiger partial charge in [-0.05, 0) is 37.8 Å². The topological polar surface area (TPSA) is 58.4 Å². The van der Waals surface area contributed by atoms with Gasteiger partial charge in [0.15, 0.2) is 0 Å². The molecule has 5 heteroatoms. The molecule has 1 heterocycles. The molecule has 21 heavy (non-hydrogen) atoms. The minimum Gasteiger partial charge on any atom is -0.380 e. The third-order valence-electron chi connectivity index (χ3n) is 4.25. The lowest BCUT2D eigenvalue weighted by Crippen LogP contribution is -2.34. The van der Waals surface area contributed by atoms with Crippen molar-refractivity contribution in [2.24, 2.45) is 5.92 Å². The van der Waals surface area contributed by atoms with Crippen LogP contribution in [0.15, 0.2) is 18.2 Å². The summed E-state index contributed by atoms with van der Waals surface area (Å²) >= 11 is 0. The lowest BCUT2D eigenvalue weighted by atomic mass is 9.95. The van der Waals surface area contributed by atoms with E-state index in [4.69, 9.17) is 0 Å². The third kappa shape index (κ3) is 3.94. The zero-order chi connectivity index (χ0) is 15.2. The maximum atomic E-state index is 11.2. The van der Waals surface area contributed by atoms with Gasteiger partial charge in [-0.15, -0.1) is 0 Å². The number of nitro benzene ring substituents is 1. The average molecular weight is 291 g/mol. The Morgan fingerprint density at radius 1 is 1.43 bits per heavy atom. The minimum absolute atomic E-state index is 0.179. The second kappa shape index (κ2) is 7.41. The number of piperidine rings is 1. The number of likely N-dealkylation sites (tertiary alicyclic amines) is 1. The van der Waals surface area contributed by atoms with Gasteiger partial charge in [-0.25, -0.2) is 0 Å². The van der Waals surface area contributed by atoms with Crippen LogP contribution < -0.4 is 5.32 Å². The minimum atomic E-state index is -0.299. The van der Waals surface area contributed by atoms with Gasteiger partial charge in [0, 0.05) is 25.7 Å². The maximum absolute atomic E-state index is 11.2. The quantitative estimate of drug-likeness (QED) is 0.642. The Morgan fingerprint density at radius 2 is 2.24 bits per heavy atom. The molecule has 1 aromatic carbocycles. The molecule has 0 radical (unpaired) electrons. The second-order valence-corrected chi connectivity index (χ2v) is 5.75. The molecule has 1 aliphatic rings. The Morgan fingerprint density at radius 3 is 2.90 bits per heavy atom. The van der Waals surface area contributed by atoms with E-state index < -0.39 is 0 Å². The molecule has 116 valence electrons. The molecule has 1 unspecified atom stereocenters. The summed E-state index contributed by atoms with van der Waals surface area (Å²) < 4.78 is 0. The van der Waals surface area contributed by atoms with E-state index in [0.29, 0.717) is 12.2 Å². The fourth-order valence-corrected chi connectivity index (χ4v) is 3.12. The van der Waals surface area contributed by atoms with E-state index in [1.807, 2.05) is 13.0 Å². The molecular formula is C16H25N3O2. The molecule has 0 aliphatic carbocycles. The van der Waals surface area contributed by atoms with E-state index in [1.165, 1.54) is 19.3 Å². The smallest absolute Gasteiger partial charge is 0.292 e. The number of nitrogens with zero attached hydrogens (tertiary/aromatic N) is 2. The molecular weight excluding hydrogens is 266 g/mol. The highest BCUT2D eigenvalue weighted by Gasteiger charge is 2.22. The first-order valence-corrected chi connectivity index (χ1v) is 7.88. The van der Waals surface area contributed by atoms with Crippen LogP contribution in [0.25, 0.3) is 0 Å². The summed E-state index contributed by atoms with van der Waals surface area (Å²) in [4.78, 5) is 13.3. The van der Waals surface area contributed by atoms with Crippen LogP contribution >= 0.6 is 0 Å². The Hall–Kier alpha value is -1.62. The number of hydrogen-bond acceptors (Lipinski definition) is 4. The molecule has 1 fully saturated rings. The number of anilines is 1. The van der Waals surface area contributed by atoms with E-state index in [9.17, 15) is 10.1 Å². The van der Waals surface area contributed by atoms with Crippen molar-refractivity contribution in [2.45, 2.75) is 39.7 Å². The van der Waals surface area contributed by atoms with E-state index in [2.05, 4.69) is 17.1 Å². The summed E-state index contributed by atoms with van der Waals surface area (Å²) in [5, 5.41) is 14.4. The molecule has 1 atom stereocenters. The zero-order valence-electron chi connectivity index (χ0n) is 13.0. The van der Waals surface area contributed by atoms with E-state index in [1.54, 1.807) is 12.1 Å². The number of para-hydroxylation sites is 1. The van der Waals surface area contributed by atoms with Crippen molar-refractivity contribution in [3.8, 4) is 0 Å². The summed E-state index contributed by atoms with van der Waals surface area (Å²) in [5.41, 5.74) is 1.89. The highest BCUT2D eigenvalue weighted by molar-refractivity contribution is 5.66. The van der Waals surface area contributed by atoms with Crippen LogP contribution in [-0.2, 0) is 6.54 Å². The van der Waals surface area contributed by atoms with Crippen molar-refractivity contribution >= 4 is 11.4 Å². The Labute approximate surface area is 126 Å². The van der Waals surface area contributed by atoms with Crippen molar-refractivity contribution < 1.29 is 4.92 Å². The molecule has 2 rings (SSSR count). The Bertz CT molecular complexity index is 490. The third-order valence-corrected chi connectivity index (χ3v) is 4.25. The van der Waals surface area contributed by atoms with Gasteiger partial charge in [-0.3, -0.25) is 15.0 Å². The summed E-state index contributed by atoms with van der Waals surface area (Å²) in [6.07, 6.45) is 3.75. The Balaban J connectivity index is 2.18. The number of nitrogens with one attached hydrogen (secondary N) is 1. The van der Waals surface area contributed by atoms with Crippen LogP contribution in [0.5, 0.6) is 0 Å².